The van der Waals surface area contributed by atoms with E-state index in [0.29, 0.717) is 17.8 Å². The molecule has 0 radical (unpaired) electrons. The third kappa shape index (κ3) is 4.73. The Bertz CT molecular complexity index is 1020. The first-order valence-corrected chi connectivity index (χ1v) is 9.87. The first-order chi connectivity index (χ1) is 14.0. The van der Waals surface area contributed by atoms with E-state index in [9.17, 15) is 14.7 Å². The molecule has 0 fully saturated rings. The summed E-state index contributed by atoms with van der Waals surface area (Å²) in [4.78, 5) is 26.4. The molecular formula is C23H21NO4S. The van der Waals surface area contributed by atoms with Crippen LogP contribution in [0.3, 0.4) is 0 Å². The number of carbonyl (C=O) groups is 2. The molecule has 0 aliphatic heterocycles. The van der Waals surface area contributed by atoms with E-state index in [1.807, 2.05) is 48.5 Å². The van der Waals surface area contributed by atoms with Gasteiger partial charge in [0.1, 0.15) is 10.6 Å². The van der Waals surface area contributed by atoms with Crippen LogP contribution in [0.2, 0.25) is 0 Å². The molecule has 1 amide bonds. The highest BCUT2D eigenvalue weighted by molar-refractivity contribution is 7.12. The number of amides is 1. The van der Waals surface area contributed by atoms with Gasteiger partial charge < -0.3 is 14.7 Å². The van der Waals surface area contributed by atoms with E-state index in [0.717, 1.165) is 16.9 Å². The van der Waals surface area contributed by atoms with E-state index >= 15 is 0 Å². The van der Waals surface area contributed by atoms with Crippen LogP contribution in [0.15, 0.2) is 72.6 Å². The van der Waals surface area contributed by atoms with Crippen LogP contribution >= 0.6 is 11.3 Å². The summed E-state index contributed by atoms with van der Waals surface area (Å²) in [5.41, 5.74) is 2.98. The molecule has 0 saturated carbocycles. The van der Waals surface area contributed by atoms with Crippen molar-refractivity contribution in [3.05, 3.63) is 83.1 Å². The number of anilines is 1. The van der Waals surface area contributed by atoms with Gasteiger partial charge in [0.25, 0.3) is 0 Å². The van der Waals surface area contributed by atoms with Gasteiger partial charge in [0.15, 0.2) is 0 Å². The SMILES string of the molecule is C=CCN(C(=O)Cc1ccc(OC)cc1)c1cccc(-c2ccsc2C(=O)O)c1. The maximum absolute atomic E-state index is 13.0. The fourth-order valence-electron chi connectivity index (χ4n) is 3.04. The number of carboxylic acid groups (broad SMARTS) is 1. The van der Waals surface area contributed by atoms with Crippen LogP contribution in [0.1, 0.15) is 15.2 Å². The van der Waals surface area contributed by atoms with Crippen molar-refractivity contribution >= 4 is 28.9 Å². The average molecular weight is 407 g/mol. The highest BCUT2D eigenvalue weighted by Crippen LogP contribution is 2.31. The van der Waals surface area contributed by atoms with Gasteiger partial charge in [-0.2, -0.15) is 0 Å². The summed E-state index contributed by atoms with van der Waals surface area (Å²) in [5.74, 6) is -0.295. The molecule has 0 saturated heterocycles. The molecule has 1 heterocycles. The van der Waals surface area contributed by atoms with Crippen molar-refractivity contribution < 1.29 is 19.4 Å². The van der Waals surface area contributed by atoms with Gasteiger partial charge in [0.2, 0.25) is 5.91 Å². The predicted molar refractivity (Wildman–Crippen MR) is 116 cm³/mol. The molecule has 1 N–H and O–H groups in total. The van der Waals surface area contributed by atoms with Gasteiger partial charge in [0.05, 0.1) is 13.5 Å². The Balaban J connectivity index is 1.88. The summed E-state index contributed by atoms with van der Waals surface area (Å²) in [6, 6.07) is 16.5. The molecule has 29 heavy (non-hydrogen) atoms. The molecule has 148 valence electrons. The second-order valence-electron chi connectivity index (χ2n) is 6.34. The second kappa shape index (κ2) is 9.21. The average Bonchev–Trinajstić information content (AvgIpc) is 3.23. The predicted octanol–water partition coefficient (Wildman–Crippen LogP) is 4.88. The molecule has 0 spiro atoms. The van der Waals surface area contributed by atoms with Crippen molar-refractivity contribution in [3.8, 4) is 16.9 Å². The minimum atomic E-state index is -0.959. The molecule has 0 atom stereocenters. The highest BCUT2D eigenvalue weighted by atomic mass is 32.1. The van der Waals surface area contributed by atoms with E-state index in [4.69, 9.17) is 4.74 Å². The lowest BCUT2D eigenvalue weighted by molar-refractivity contribution is -0.117. The lowest BCUT2D eigenvalue weighted by Crippen LogP contribution is -2.32. The molecular weight excluding hydrogens is 386 g/mol. The monoisotopic (exact) mass is 407 g/mol. The number of carboxylic acids is 1. The molecule has 0 bridgehead atoms. The number of methoxy groups -OCH3 is 1. The Kier molecular flexibility index (Phi) is 6.46. The number of thiophene rings is 1. The fourth-order valence-corrected chi connectivity index (χ4v) is 3.79. The summed E-state index contributed by atoms with van der Waals surface area (Å²) in [7, 11) is 1.60. The van der Waals surface area contributed by atoms with Crippen LogP contribution in [0.25, 0.3) is 11.1 Å². The van der Waals surface area contributed by atoms with Gasteiger partial charge in [-0.05, 0) is 46.8 Å². The van der Waals surface area contributed by atoms with Crippen LogP contribution in [0.5, 0.6) is 5.75 Å². The fraction of sp³-hybridized carbons (Fsp3) is 0.130. The van der Waals surface area contributed by atoms with Crippen molar-refractivity contribution in [1.82, 2.24) is 0 Å². The molecule has 0 aliphatic rings. The Morgan fingerprint density at radius 1 is 1.17 bits per heavy atom. The Hall–Kier alpha value is -3.38. The summed E-state index contributed by atoms with van der Waals surface area (Å²) in [6.07, 6.45) is 1.91. The van der Waals surface area contributed by atoms with E-state index in [2.05, 4.69) is 6.58 Å². The molecule has 5 nitrogen and oxygen atoms in total. The van der Waals surface area contributed by atoms with E-state index < -0.39 is 5.97 Å². The maximum Gasteiger partial charge on any atom is 0.346 e. The highest BCUT2D eigenvalue weighted by Gasteiger charge is 2.18. The lowest BCUT2D eigenvalue weighted by atomic mass is 10.0. The van der Waals surface area contributed by atoms with Crippen LogP contribution in [0.4, 0.5) is 5.69 Å². The van der Waals surface area contributed by atoms with E-state index in [-0.39, 0.29) is 17.2 Å². The third-order valence-corrected chi connectivity index (χ3v) is 5.36. The number of nitrogens with zero attached hydrogens (tertiary/aromatic N) is 1. The van der Waals surface area contributed by atoms with Crippen molar-refractivity contribution in [2.45, 2.75) is 6.42 Å². The standard InChI is InChI=1S/C23H21NO4S/c1-3-12-24(21(25)14-16-7-9-19(28-2)10-8-16)18-6-4-5-17(15-18)20-11-13-29-22(20)23(26)27/h3-11,13,15H,1,12,14H2,2H3,(H,26,27). The van der Waals surface area contributed by atoms with Crippen LogP contribution in [0, 0.1) is 0 Å². The number of rotatable bonds is 8. The van der Waals surface area contributed by atoms with Gasteiger partial charge in [-0.1, -0.05) is 30.3 Å². The Morgan fingerprint density at radius 2 is 1.93 bits per heavy atom. The first kappa shape index (κ1) is 20.4. The second-order valence-corrected chi connectivity index (χ2v) is 7.25. The lowest BCUT2D eigenvalue weighted by Gasteiger charge is -2.22. The summed E-state index contributed by atoms with van der Waals surface area (Å²) >= 11 is 1.18. The number of hydrogen-bond acceptors (Lipinski definition) is 4. The number of carbonyl (C=O) groups excluding carboxylic acids is 1. The van der Waals surface area contributed by atoms with Gasteiger partial charge in [-0.3, -0.25) is 4.79 Å². The van der Waals surface area contributed by atoms with Crippen LogP contribution in [-0.2, 0) is 11.2 Å². The minimum absolute atomic E-state index is 0.0732. The first-order valence-electron chi connectivity index (χ1n) is 8.99. The smallest absolute Gasteiger partial charge is 0.346 e. The molecule has 1 aromatic heterocycles. The number of aromatic carboxylic acids is 1. The van der Waals surface area contributed by atoms with Crippen molar-refractivity contribution in [2.24, 2.45) is 0 Å². The van der Waals surface area contributed by atoms with Crippen LogP contribution < -0.4 is 9.64 Å². The van der Waals surface area contributed by atoms with Crippen molar-refractivity contribution in [3.63, 3.8) is 0 Å². The quantitative estimate of drug-likeness (QED) is 0.540. The maximum atomic E-state index is 13.0. The zero-order valence-corrected chi connectivity index (χ0v) is 16.8. The van der Waals surface area contributed by atoms with Crippen molar-refractivity contribution in [1.29, 1.82) is 0 Å². The third-order valence-electron chi connectivity index (χ3n) is 4.46. The zero-order valence-electron chi connectivity index (χ0n) is 16.0. The van der Waals surface area contributed by atoms with E-state index in [1.165, 1.54) is 11.3 Å². The molecule has 2 aromatic carbocycles. The largest absolute Gasteiger partial charge is 0.497 e. The summed E-state index contributed by atoms with van der Waals surface area (Å²) in [5, 5.41) is 11.1. The molecule has 3 aromatic rings. The van der Waals surface area contributed by atoms with Gasteiger partial charge in [-0.25, -0.2) is 4.79 Å². The molecule has 0 aliphatic carbocycles. The van der Waals surface area contributed by atoms with Crippen molar-refractivity contribution in [2.75, 3.05) is 18.6 Å². The zero-order chi connectivity index (χ0) is 20.8. The summed E-state index contributed by atoms with van der Waals surface area (Å²) in [6.45, 7) is 4.12. The molecule has 3 rings (SSSR count). The van der Waals surface area contributed by atoms with Crippen LogP contribution in [-0.4, -0.2) is 30.6 Å². The van der Waals surface area contributed by atoms with Gasteiger partial charge >= 0.3 is 5.97 Å². The van der Waals surface area contributed by atoms with Gasteiger partial charge in [-0.15, -0.1) is 17.9 Å². The Labute approximate surface area is 173 Å². The number of hydrogen-bond donors (Lipinski definition) is 1. The summed E-state index contributed by atoms with van der Waals surface area (Å²) < 4.78 is 5.15. The molecule has 0 unspecified atom stereocenters. The van der Waals surface area contributed by atoms with E-state index in [1.54, 1.807) is 29.5 Å². The topological polar surface area (TPSA) is 66.8 Å². The Morgan fingerprint density at radius 3 is 2.59 bits per heavy atom. The molecule has 6 heteroatoms. The van der Waals surface area contributed by atoms with Gasteiger partial charge in [0, 0.05) is 17.8 Å². The minimum Gasteiger partial charge on any atom is -0.497 e. The number of benzene rings is 2. The number of ether oxygens (including phenoxy) is 1. The normalized spacial score (nSPS) is 10.4.